The van der Waals surface area contributed by atoms with Crippen LogP contribution in [0.3, 0.4) is 0 Å². The number of nitrogens with zero attached hydrogens (tertiary/aromatic N) is 2. The van der Waals surface area contributed by atoms with E-state index in [2.05, 4.69) is 5.32 Å². The largest absolute Gasteiger partial charge is 0.373 e. The number of hydrogen-bond acceptors (Lipinski definition) is 3. The highest BCUT2D eigenvalue weighted by Crippen LogP contribution is 2.34. The van der Waals surface area contributed by atoms with Gasteiger partial charge in [-0.1, -0.05) is 18.2 Å². The maximum absolute atomic E-state index is 12.8. The molecule has 2 fully saturated rings. The quantitative estimate of drug-likeness (QED) is 0.938. The Kier molecular flexibility index (Phi) is 3.62. The van der Waals surface area contributed by atoms with Gasteiger partial charge in [0.1, 0.15) is 0 Å². The summed E-state index contributed by atoms with van der Waals surface area (Å²) >= 11 is 0. The second kappa shape index (κ2) is 5.65. The van der Waals surface area contributed by atoms with E-state index in [9.17, 15) is 4.79 Å². The third kappa shape index (κ3) is 2.44. The number of rotatable bonds is 4. The van der Waals surface area contributed by atoms with Crippen LogP contribution in [-0.4, -0.2) is 27.6 Å². The van der Waals surface area contributed by atoms with E-state index in [0.717, 1.165) is 29.8 Å². The molecule has 2 aliphatic heterocycles. The van der Waals surface area contributed by atoms with Crippen LogP contribution < -0.4 is 10.9 Å². The topological polar surface area (TPSA) is 48.2 Å². The second-order valence-corrected chi connectivity index (χ2v) is 6.64. The summed E-state index contributed by atoms with van der Waals surface area (Å²) in [7, 11) is 1.94. The Labute approximate surface area is 135 Å². The van der Waals surface area contributed by atoms with Crippen LogP contribution in [-0.2, 0) is 18.3 Å². The number of fused-ring (bicyclic) bond motifs is 2. The predicted octanol–water partition coefficient (Wildman–Crippen LogP) is 1.89. The molecule has 0 radical (unpaired) electrons. The van der Waals surface area contributed by atoms with Crippen molar-refractivity contribution in [2.45, 2.75) is 51.0 Å². The number of nitrogens with one attached hydrogen (secondary N) is 1. The number of benzene rings is 1. The minimum Gasteiger partial charge on any atom is -0.373 e. The van der Waals surface area contributed by atoms with Gasteiger partial charge in [-0.3, -0.25) is 9.48 Å². The summed E-state index contributed by atoms with van der Waals surface area (Å²) < 4.78 is 9.56. The van der Waals surface area contributed by atoms with Crippen molar-refractivity contribution in [2.24, 2.45) is 7.05 Å². The van der Waals surface area contributed by atoms with E-state index >= 15 is 0 Å². The Bertz CT molecular complexity index is 763. The molecule has 1 N–H and O–H groups in total. The van der Waals surface area contributed by atoms with Gasteiger partial charge in [0.05, 0.1) is 23.5 Å². The van der Waals surface area contributed by atoms with Crippen LogP contribution in [0.15, 0.2) is 35.1 Å². The van der Waals surface area contributed by atoms with Crippen molar-refractivity contribution in [1.82, 2.24) is 14.7 Å². The third-order valence-corrected chi connectivity index (χ3v) is 5.32. The minimum atomic E-state index is 0.0628. The normalized spacial score (nSPS) is 26.1. The standard InChI is InChI=1S/C18H23N3O2/c1-12-15(11-19-16-10-14-8-9-17(16)23-14)18(22)21(20(12)2)13-6-4-3-5-7-13/h3-7,14,16-17,19H,8-11H2,1-2H3/t14-,16-,17+/m1/s1. The zero-order chi connectivity index (χ0) is 16.0. The molecule has 23 heavy (non-hydrogen) atoms. The smallest absolute Gasteiger partial charge is 0.276 e. The minimum absolute atomic E-state index is 0.0628. The number of ether oxygens (including phenoxy) is 1. The lowest BCUT2D eigenvalue weighted by atomic mass is 9.95. The van der Waals surface area contributed by atoms with E-state index in [4.69, 9.17) is 4.74 Å². The van der Waals surface area contributed by atoms with Crippen molar-refractivity contribution in [2.75, 3.05) is 0 Å². The molecule has 5 nitrogen and oxygen atoms in total. The SMILES string of the molecule is Cc1c(CN[C@@H]2C[C@H]3CC[C@@H]2O3)c(=O)n(-c2ccccc2)n1C. The summed E-state index contributed by atoms with van der Waals surface area (Å²) in [4.78, 5) is 12.8. The first-order valence-corrected chi connectivity index (χ1v) is 8.37. The fourth-order valence-electron chi connectivity index (χ4n) is 3.91. The van der Waals surface area contributed by atoms with Gasteiger partial charge in [0.25, 0.3) is 5.56 Å². The van der Waals surface area contributed by atoms with Gasteiger partial charge < -0.3 is 10.1 Å². The molecule has 0 unspecified atom stereocenters. The van der Waals surface area contributed by atoms with Crippen LogP contribution >= 0.6 is 0 Å². The third-order valence-electron chi connectivity index (χ3n) is 5.32. The number of aromatic nitrogens is 2. The fraction of sp³-hybridized carbons (Fsp3) is 0.500. The first-order valence-electron chi connectivity index (χ1n) is 8.37. The molecular formula is C18H23N3O2. The molecule has 4 rings (SSSR count). The van der Waals surface area contributed by atoms with Crippen molar-refractivity contribution in [3.63, 3.8) is 0 Å². The van der Waals surface area contributed by atoms with Gasteiger partial charge in [0.15, 0.2) is 0 Å². The Morgan fingerprint density at radius 1 is 1.26 bits per heavy atom. The van der Waals surface area contributed by atoms with Crippen LogP contribution in [0.25, 0.3) is 5.69 Å². The van der Waals surface area contributed by atoms with Gasteiger partial charge in [-0.25, -0.2) is 4.68 Å². The molecule has 2 aliphatic rings. The monoisotopic (exact) mass is 313 g/mol. The van der Waals surface area contributed by atoms with E-state index < -0.39 is 0 Å². The highest BCUT2D eigenvalue weighted by atomic mass is 16.5. The van der Waals surface area contributed by atoms with E-state index in [1.54, 1.807) is 4.68 Å². The lowest BCUT2D eigenvalue weighted by molar-refractivity contribution is 0.0972. The lowest BCUT2D eigenvalue weighted by Crippen LogP contribution is -2.38. The zero-order valence-corrected chi connectivity index (χ0v) is 13.7. The van der Waals surface area contributed by atoms with Crippen LogP contribution in [0.2, 0.25) is 0 Å². The molecular weight excluding hydrogens is 290 g/mol. The van der Waals surface area contributed by atoms with Gasteiger partial charge in [0, 0.05) is 25.3 Å². The highest BCUT2D eigenvalue weighted by molar-refractivity contribution is 5.33. The van der Waals surface area contributed by atoms with Crippen molar-refractivity contribution < 1.29 is 4.74 Å². The van der Waals surface area contributed by atoms with Crippen molar-refractivity contribution in [3.8, 4) is 5.69 Å². The summed E-state index contributed by atoms with van der Waals surface area (Å²) in [5.41, 5.74) is 2.82. The zero-order valence-electron chi connectivity index (χ0n) is 13.7. The van der Waals surface area contributed by atoms with Crippen molar-refractivity contribution >= 4 is 0 Å². The van der Waals surface area contributed by atoms with Gasteiger partial charge in [-0.2, -0.15) is 0 Å². The Balaban J connectivity index is 1.59. The van der Waals surface area contributed by atoms with Crippen LogP contribution in [0.1, 0.15) is 30.5 Å². The molecule has 2 saturated heterocycles. The molecule has 3 heterocycles. The maximum atomic E-state index is 12.8. The average molecular weight is 313 g/mol. The lowest BCUT2D eigenvalue weighted by Gasteiger charge is -2.19. The highest BCUT2D eigenvalue weighted by Gasteiger charge is 2.40. The van der Waals surface area contributed by atoms with Crippen LogP contribution in [0.4, 0.5) is 0 Å². The summed E-state index contributed by atoms with van der Waals surface area (Å²) in [6.07, 6.45) is 4.16. The summed E-state index contributed by atoms with van der Waals surface area (Å²) in [5, 5.41) is 3.55. The molecule has 1 aromatic carbocycles. The molecule has 5 heteroatoms. The van der Waals surface area contributed by atoms with Crippen molar-refractivity contribution in [1.29, 1.82) is 0 Å². The molecule has 0 spiro atoms. The van der Waals surface area contributed by atoms with Crippen molar-refractivity contribution in [3.05, 3.63) is 51.9 Å². The molecule has 1 aromatic heterocycles. The Morgan fingerprint density at radius 3 is 2.70 bits per heavy atom. The number of para-hydroxylation sites is 1. The predicted molar refractivity (Wildman–Crippen MR) is 88.9 cm³/mol. The average Bonchev–Trinajstić information content (AvgIpc) is 3.23. The molecule has 122 valence electrons. The molecule has 0 amide bonds. The van der Waals surface area contributed by atoms with E-state index in [-0.39, 0.29) is 5.56 Å². The van der Waals surface area contributed by atoms with Gasteiger partial charge in [-0.15, -0.1) is 0 Å². The number of hydrogen-bond donors (Lipinski definition) is 1. The Morgan fingerprint density at radius 2 is 2.04 bits per heavy atom. The second-order valence-electron chi connectivity index (χ2n) is 6.64. The van der Waals surface area contributed by atoms with Gasteiger partial charge in [-0.05, 0) is 38.3 Å². The maximum Gasteiger partial charge on any atom is 0.276 e. The summed E-state index contributed by atoms with van der Waals surface area (Å²) in [5.74, 6) is 0. The first-order chi connectivity index (χ1) is 11.1. The molecule has 0 aliphatic carbocycles. The summed E-state index contributed by atoms with van der Waals surface area (Å²) in [6, 6.07) is 10.2. The van der Waals surface area contributed by atoms with E-state index in [1.807, 2.05) is 49.0 Å². The van der Waals surface area contributed by atoms with Gasteiger partial charge in [0.2, 0.25) is 0 Å². The summed E-state index contributed by atoms with van der Waals surface area (Å²) in [6.45, 7) is 2.62. The van der Waals surface area contributed by atoms with Gasteiger partial charge >= 0.3 is 0 Å². The van der Waals surface area contributed by atoms with E-state index in [1.165, 1.54) is 6.42 Å². The molecule has 0 saturated carbocycles. The molecule has 2 bridgehead atoms. The van der Waals surface area contributed by atoms with Crippen LogP contribution in [0, 0.1) is 6.92 Å². The molecule has 2 aromatic rings. The molecule has 3 atom stereocenters. The van der Waals surface area contributed by atoms with Crippen LogP contribution in [0.5, 0.6) is 0 Å². The fourth-order valence-corrected chi connectivity index (χ4v) is 3.91. The van der Waals surface area contributed by atoms with E-state index in [0.29, 0.717) is 24.8 Å². The Hall–Kier alpha value is -1.85. The first kappa shape index (κ1) is 14.7.